The van der Waals surface area contributed by atoms with Gasteiger partial charge in [0.25, 0.3) is 0 Å². The van der Waals surface area contributed by atoms with Gasteiger partial charge in [0, 0.05) is 18.0 Å². The van der Waals surface area contributed by atoms with Crippen molar-refractivity contribution in [3.8, 4) is 0 Å². The third-order valence-corrected chi connectivity index (χ3v) is 5.28. The topological polar surface area (TPSA) is 76.1 Å². The third kappa shape index (κ3) is 3.70. The Morgan fingerprint density at radius 1 is 1.29 bits per heavy atom. The number of halogens is 2. The molecule has 4 atom stereocenters. The predicted molar refractivity (Wildman–Crippen MR) is 95.5 cm³/mol. The van der Waals surface area contributed by atoms with Crippen LogP contribution in [0.25, 0.3) is 0 Å². The number of hydrogen-bond donors (Lipinski definition) is 1. The summed E-state index contributed by atoms with van der Waals surface area (Å²) in [5.41, 5.74) is -1.10. The van der Waals surface area contributed by atoms with E-state index in [9.17, 15) is 23.5 Å². The van der Waals surface area contributed by atoms with Crippen LogP contribution in [0.2, 0.25) is 0 Å². The van der Waals surface area contributed by atoms with E-state index >= 15 is 0 Å². The molecule has 0 bridgehead atoms. The summed E-state index contributed by atoms with van der Waals surface area (Å²) in [6, 6.07) is 2.36. The van der Waals surface area contributed by atoms with Gasteiger partial charge < -0.3 is 19.5 Å². The number of aliphatic hydroxyl groups excluding tert-OH is 1. The maximum atomic E-state index is 13.8. The van der Waals surface area contributed by atoms with Crippen LogP contribution in [0.4, 0.5) is 13.6 Å². The molecule has 1 heterocycles. The number of likely N-dealkylation sites (tertiary alicyclic amines) is 1. The highest BCUT2D eigenvalue weighted by Gasteiger charge is 2.69. The number of carbonyl (C=O) groups is 2. The van der Waals surface area contributed by atoms with Crippen molar-refractivity contribution in [1.82, 2.24) is 4.90 Å². The van der Waals surface area contributed by atoms with Gasteiger partial charge in [-0.2, -0.15) is 0 Å². The minimum atomic E-state index is -1.57. The molecule has 2 aliphatic rings. The Kier molecular flexibility index (Phi) is 5.12. The van der Waals surface area contributed by atoms with Crippen LogP contribution >= 0.6 is 0 Å². The van der Waals surface area contributed by atoms with E-state index in [1.54, 1.807) is 27.7 Å². The fraction of sp³-hybridized carbons (Fsp3) is 0.600. The van der Waals surface area contributed by atoms with Crippen molar-refractivity contribution in [2.24, 2.45) is 5.92 Å². The fourth-order valence-corrected chi connectivity index (χ4v) is 4.12. The molecule has 1 aromatic rings. The molecule has 1 N–H and O–H groups in total. The minimum Gasteiger partial charge on any atom is -0.464 e. The third-order valence-electron chi connectivity index (χ3n) is 5.28. The molecule has 154 valence electrons. The monoisotopic (exact) mass is 397 g/mol. The molecule has 28 heavy (non-hydrogen) atoms. The molecule has 0 unspecified atom stereocenters. The molecule has 3 rings (SSSR count). The van der Waals surface area contributed by atoms with Crippen LogP contribution in [0.1, 0.15) is 39.7 Å². The second kappa shape index (κ2) is 6.99. The summed E-state index contributed by atoms with van der Waals surface area (Å²) in [7, 11) is 0. The van der Waals surface area contributed by atoms with Gasteiger partial charge in [0.15, 0.2) is 6.10 Å². The molecule has 1 saturated carbocycles. The number of hydrogen-bond acceptors (Lipinski definition) is 5. The fourth-order valence-electron chi connectivity index (χ4n) is 4.12. The summed E-state index contributed by atoms with van der Waals surface area (Å²) in [6.45, 7) is 6.90. The van der Waals surface area contributed by atoms with Crippen LogP contribution in [0.15, 0.2) is 18.2 Å². The van der Waals surface area contributed by atoms with Gasteiger partial charge in [-0.05, 0) is 57.7 Å². The Morgan fingerprint density at radius 2 is 1.89 bits per heavy atom. The highest BCUT2D eigenvalue weighted by Crippen LogP contribution is 2.63. The first-order chi connectivity index (χ1) is 13.0. The van der Waals surface area contributed by atoms with Crippen molar-refractivity contribution in [3.05, 3.63) is 35.4 Å². The number of benzene rings is 1. The lowest BCUT2D eigenvalue weighted by molar-refractivity contribution is -0.156. The Bertz CT molecular complexity index is 773. The average Bonchev–Trinajstić information content (AvgIpc) is 3.18. The molecule has 8 heteroatoms. The SMILES string of the molecule is CCOC(=O)[C@@H](O)[C@@H]1[C@H]2C[C@]2(c2cc(F)cc(F)c2)CN1C(=O)OC(C)(C)C. The summed E-state index contributed by atoms with van der Waals surface area (Å²) in [5.74, 6) is -2.60. The van der Waals surface area contributed by atoms with Crippen LogP contribution < -0.4 is 0 Å². The van der Waals surface area contributed by atoms with Crippen LogP contribution in [-0.4, -0.2) is 53.0 Å². The maximum Gasteiger partial charge on any atom is 0.410 e. The van der Waals surface area contributed by atoms with Gasteiger partial charge in [0.05, 0.1) is 12.6 Å². The smallest absolute Gasteiger partial charge is 0.410 e. The second-order valence-corrected chi connectivity index (χ2v) is 8.42. The highest BCUT2D eigenvalue weighted by molar-refractivity contribution is 5.78. The summed E-state index contributed by atoms with van der Waals surface area (Å²) < 4.78 is 37.8. The van der Waals surface area contributed by atoms with E-state index in [0.29, 0.717) is 12.0 Å². The molecule has 0 radical (unpaired) electrons. The van der Waals surface area contributed by atoms with Crippen LogP contribution in [0.3, 0.4) is 0 Å². The van der Waals surface area contributed by atoms with Crippen LogP contribution in [-0.2, 0) is 19.7 Å². The van der Waals surface area contributed by atoms with Crippen molar-refractivity contribution in [3.63, 3.8) is 0 Å². The van der Waals surface area contributed by atoms with E-state index in [-0.39, 0.29) is 19.1 Å². The van der Waals surface area contributed by atoms with Gasteiger partial charge in [0.1, 0.15) is 17.2 Å². The first kappa shape index (κ1) is 20.5. The van der Waals surface area contributed by atoms with E-state index in [0.717, 1.165) is 6.07 Å². The van der Waals surface area contributed by atoms with Crippen molar-refractivity contribution >= 4 is 12.1 Å². The van der Waals surface area contributed by atoms with Gasteiger partial charge in [0.2, 0.25) is 0 Å². The molecule has 0 aromatic heterocycles. The normalized spacial score (nSPS) is 27.2. The molecule has 1 amide bonds. The van der Waals surface area contributed by atoms with Crippen molar-refractivity contribution < 1.29 is 33.0 Å². The predicted octanol–water partition coefficient (Wildman–Crippen LogP) is 2.77. The molecular weight excluding hydrogens is 372 g/mol. The Morgan fingerprint density at radius 3 is 2.43 bits per heavy atom. The van der Waals surface area contributed by atoms with Gasteiger partial charge in [-0.25, -0.2) is 18.4 Å². The molecule has 0 spiro atoms. The highest BCUT2D eigenvalue weighted by atomic mass is 19.1. The summed E-state index contributed by atoms with van der Waals surface area (Å²) in [6.07, 6.45) is -1.76. The number of piperidine rings is 1. The Hall–Kier alpha value is -2.22. The lowest BCUT2D eigenvalue weighted by Crippen LogP contribution is -2.50. The number of fused-ring (bicyclic) bond motifs is 1. The summed E-state index contributed by atoms with van der Waals surface area (Å²) in [4.78, 5) is 26.1. The van der Waals surface area contributed by atoms with Crippen molar-refractivity contribution in [1.29, 1.82) is 0 Å². The molecule has 1 aliphatic heterocycles. The van der Waals surface area contributed by atoms with Crippen LogP contribution in [0.5, 0.6) is 0 Å². The number of aliphatic hydroxyl groups is 1. The summed E-state index contributed by atoms with van der Waals surface area (Å²) in [5, 5.41) is 10.6. The number of nitrogens with zero attached hydrogens (tertiary/aromatic N) is 1. The van der Waals surface area contributed by atoms with Gasteiger partial charge in [-0.3, -0.25) is 0 Å². The lowest BCUT2D eigenvalue weighted by Gasteiger charge is -2.32. The molecule has 2 fully saturated rings. The standard InChI is InChI=1S/C20H25F2NO5/c1-5-27-17(25)16(24)15-14-9-20(14,11-6-12(21)8-13(22)7-11)10-23(15)18(26)28-19(2,3)4/h6-8,14-16,24H,5,9-10H2,1-4H3/t14-,15+,16+,20-/m1/s1. The number of amides is 1. The largest absolute Gasteiger partial charge is 0.464 e. The van der Waals surface area contributed by atoms with E-state index in [4.69, 9.17) is 9.47 Å². The number of ether oxygens (including phenoxy) is 2. The van der Waals surface area contributed by atoms with Gasteiger partial charge >= 0.3 is 12.1 Å². The van der Waals surface area contributed by atoms with Crippen molar-refractivity contribution in [2.75, 3.05) is 13.2 Å². The molecule has 1 aromatic carbocycles. The number of rotatable bonds is 4. The molecular formula is C20H25F2NO5. The van der Waals surface area contributed by atoms with Crippen LogP contribution in [0, 0.1) is 17.6 Å². The minimum absolute atomic E-state index is 0.0833. The van der Waals surface area contributed by atoms with Gasteiger partial charge in [-0.1, -0.05) is 0 Å². The zero-order valence-corrected chi connectivity index (χ0v) is 16.4. The molecule has 1 aliphatic carbocycles. The van der Waals surface area contributed by atoms with E-state index in [2.05, 4.69) is 0 Å². The Balaban J connectivity index is 1.94. The Labute approximate surface area is 162 Å². The van der Waals surface area contributed by atoms with E-state index in [1.807, 2.05) is 0 Å². The zero-order valence-electron chi connectivity index (χ0n) is 16.4. The van der Waals surface area contributed by atoms with Crippen molar-refractivity contribution in [2.45, 2.75) is 57.3 Å². The number of esters is 1. The maximum absolute atomic E-state index is 13.8. The average molecular weight is 397 g/mol. The molecule has 1 saturated heterocycles. The lowest BCUT2D eigenvalue weighted by atomic mass is 9.93. The summed E-state index contributed by atoms with van der Waals surface area (Å²) >= 11 is 0. The quantitative estimate of drug-likeness (QED) is 0.791. The van der Waals surface area contributed by atoms with E-state index < -0.39 is 46.9 Å². The van der Waals surface area contributed by atoms with Gasteiger partial charge in [-0.15, -0.1) is 0 Å². The second-order valence-electron chi connectivity index (χ2n) is 8.42. The first-order valence-corrected chi connectivity index (χ1v) is 9.29. The number of carbonyl (C=O) groups excluding carboxylic acids is 2. The van der Waals surface area contributed by atoms with E-state index in [1.165, 1.54) is 17.0 Å². The zero-order chi connectivity index (χ0) is 20.9. The molecule has 6 nitrogen and oxygen atoms in total. The first-order valence-electron chi connectivity index (χ1n) is 9.29.